The number of rotatable bonds is 5. The van der Waals surface area contributed by atoms with Crippen LogP contribution in [-0.2, 0) is 16.6 Å². The molecule has 0 N–H and O–H groups in total. The van der Waals surface area contributed by atoms with Gasteiger partial charge in [-0.15, -0.1) is 0 Å². The number of esters is 1. The molecule has 0 radical (unpaired) electrons. The Labute approximate surface area is 129 Å². The summed E-state index contributed by atoms with van der Waals surface area (Å²) >= 11 is 0. The van der Waals surface area contributed by atoms with Crippen LogP contribution in [0.3, 0.4) is 0 Å². The number of ketones is 1. The first-order valence-corrected chi connectivity index (χ1v) is 6.94. The summed E-state index contributed by atoms with van der Waals surface area (Å²) in [5.74, 6) is -1.52. The first kappa shape index (κ1) is 15.7. The molecule has 0 saturated carbocycles. The van der Waals surface area contributed by atoms with Gasteiger partial charge in [0.25, 0.3) is 5.78 Å². The van der Waals surface area contributed by atoms with E-state index in [0.717, 1.165) is 5.56 Å². The van der Waals surface area contributed by atoms with Gasteiger partial charge < -0.3 is 4.74 Å². The standard InChI is InChI=1S/C17H18N2O3/c1-12-15(13(2)19(3)18-12)16(20)17(21)22-11-7-10-14-8-5-4-6-9-14/h4-10H,11H2,1-3H3/b10-7+. The molecular weight excluding hydrogens is 280 g/mol. The van der Waals surface area contributed by atoms with Crippen molar-refractivity contribution in [3.05, 3.63) is 58.9 Å². The maximum Gasteiger partial charge on any atom is 0.380 e. The highest BCUT2D eigenvalue weighted by atomic mass is 16.5. The van der Waals surface area contributed by atoms with Crippen LogP contribution in [0, 0.1) is 13.8 Å². The summed E-state index contributed by atoms with van der Waals surface area (Å²) in [5, 5.41) is 4.12. The lowest BCUT2D eigenvalue weighted by Crippen LogP contribution is -2.19. The van der Waals surface area contributed by atoms with Gasteiger partial charge in [0.15, 0.2) is 0 Å². The van der Waals surface area contributed by atoms with Crippen LogP contribution in [0.4, 0.5) is 0 Å². The average molecular weight is 298 g/mol. The second-order valence-corrected chi connectivity index (χ2v) is 4.91. The van der Waals surface area contributed by atoms with Crippen LogP contribution in [-0.4, -0.2) is 28.1 Å². The van der Waals surface area contributed by atoms with Crippen LogP contribution in [0.1, 0.15) is 27.3 Å². The number of hydrogen-bond donors (Lipinski definition) is 0. The lowest BCUT2D eigenvalue weighted by Gasteiger charge is -2.02. The maximum absolute atomic E-state index is 12.1. The molecule has 0 aliphatic carbocycles. The number of hydrogen-bond acceptors (Lipinski definition) is 4. The van der Waals surface area contributed by atoms with Gasteiger partial charge in [-0.3, -0.25) is 9.48 Å². The molecule has 0 bridgehead atoms. The van der Waals surface area contributed by atoms with Gasteiger partial charge in [-0.05, 0) is 25.5 Å². The predicted octanol–water partition coefficient (Wildman–Crippen LogP) is 2.48. The fraction of sp³-hybridized carbons (Fsp3) is 0.235. The van der Waals surface area contributed by atoms with Crippen molar-refractivity contribution in [1.82, 2.24) is 9.78 Å². The molecule has 0 amide bonds. The predicted molar refractivity (Wildman–Crippen MR) is 83.4 cm³/mol. The van der Waals surface area contributed by atoms with E-state index in [2.05, 4.69) is 5.10 Å². The van der Waals surface area contributed by atoms with Gasteiger partial charge in [0.05, 0.1) is 11.3 Å². The largest absolute Gasteiger partial charge is 0.455 e. The molecule has 5 heteroatoms. The van der Waals surface area contributed by atoms with Crippen LogP contribution in [0.5, 0.6) is 0 Å². The molecule has 0 fully saturated rings. The molecule has 0 aliphatic heterocycles. The van der Waals surface area contributed by atoms with E-state index in [-0.39, 0.29) is 6.61 Å². The van der Waals surface area contributed by atoms with Gasteiger partial charge in [-0.25, -0.2) is 4.79 Å². The molecule has 0 saturated heterocycles. The quantitative estimate of drug-likeness (QED) is 0.483. The van der Waals surface area contributed by atoms with Gasteiger partial charge >= 0.3 is 5.97 Å². The number of aromatic nitrogens is 2. The molecule has 114 valence electrons. The molecule has 0 spiro atoms. The smallest absolute Gasteiger partial charge is 0.380 e. The van der Waals surface area contributed by atoms with Gasteiger partial charge in [0.1, 0.15) is 6.61 Å². The number of aryl methyl sites for hydroxylation is 2. The van der Waals surface area contributed by atoms with Crippen molar-refractivity contribution in [2.75, 3.05) is 6.61 Å². The highest BCUT2D eigenvalue weighted by Crippen LogP contribution is 2.13. The Bertz CT molecular complexity index is 715. The van der Waals surface area contributed by atoms with Crippen LogP contribution < -0.4 is 0 Å². The topological polar surface area (TPSA) is 61.2 Å². The number of Topliss-reactive ketones (excluding diaryl/α,β-unsaturated/α-hetero) is 1. The maximum atomic E-state index is 12.1. The number of ether oxygens (including phenoxy) is 1. The van der Waals surface area contributed by atoms with Crippen molar-refractivity contribution < 1.29 is 14.3 Å². The normalized spacial score (nSPS) is 10.9. The summed E-state index contributed by atoms with van der Waals surface area (Å²) in [4.78, 5) is 23.9. The summed E-state index contributed by atoms with van der Waals surface area (Å²) in [6.45, 7) is 3.50. The number of carbonyl (C=O) groups is 2. The lowest BCUT2D eigenvalue weighted by molar-refractivity contribution is -0.136. The van der Waals surface area contributed by atoms with Crippen molar-refractivity contribution in [3.63, 3.8) is 0 Å². The van der Waals surface area contributed by atoms with Crippen molar-refractivity contribution >= 4 is 17.8 Å². The first-order chi connectivity index (χ1) is 10.5. The molecule has 1 aromatic carbocycles. The fourth-order valence-corrected chi connectivity index (χ4v) is 2.14. The third-order valence-electron chi connectivity index (χ3n) is 3.34. The molecule has 2 rings (SSSR count). The van der Waals surface area contributed by atoms with E-state index in [9.17, 15) is 9.59 Å². The second-order valence-electron chi connectivity index (χ2n) is 4.91. The summed E-state index contributed by atoms with van der Waals surface area (Å²) in [7, 11) is 1.73. The van der Waals surface area contributed by atoms with Crippen molar-refractivity contribution in [3.8, 4) is 0 Å². The zero-order chi connectivity index (χ0) is 16.1. The van der Waals surface area contributed by atoms with Gasteiger partial charge in [-0.2, -0.15) is 5.10 Å². The minimum absolute atomic E-state index is 0.0534. The van der Waals surface area contributed by atoms with Crippen molar-refractivity contribution in [1.29, 1.82) is 0 Å². The van der Waals surface area contributed by atoms with E-state index < -0.39 is 11.8 Å². The van der Waals surface area contributed by atoms with Gasteiger partial charge in [0.2, 0.25) is 0 Å². The summed E-state index contributed by atoms with van der Waals surface area (Å²) < 4.78 is 6.56. The molecule has 22 heavy (non-hydrogen) atoms. The number of nitrogens with zero attached hydrogens (tertiary/aromatic N) is 2. The van der Waals surface area contributed by atoms with Gasteiger partial charge in [-0.1, -0.05) is 36.4 Å². The Kier molecular flexibility index (Phi) is 4.88. The minimum atomic E-state index is -0.864. The summed E-state index contributed by atoms with van der Waals surface area (Å²) in [6.07, 6.45) is 3.53. The van der Waals surface area contributed by atoms with E-state index in [0.29, 0.717) is 17.0 Å². The molecule has 0 aliphatic rings. The Morgan fingerprint density at radius 3 is 2.50 bits per heavy atom. The highest BCUT2D eigenvalue weighted by molar-refractivity contribution is 6.41. The van der Waals surface area contributed by atoms with Crippen LogP contribution in [0.15, 0.2) is 36.4 Å². The fourth-order valence-electron chi connectivity index (χ4n) is 2.14. The van der Waals surface area contributed by atoms with E-state index in [1.165, 1.54) is 0 Å². The Morgan fingerprint density at radius 2 is 1.91 bits per heavy atom. The summed E-state index contributed by atoms with van der Waals surface area (Å²) in [5.41, 5.74) is 2.50. The van der Waals surface area contributed by atoms with Crippen LogP contribution in [0.2, 0.25) is 0 Å². The first-order valence-electron chi connectivity index (χ1n) is 6.94. The third-order valence-corrected chi connectivity index (χ3v) is 3.34. The molecule has 5 nitrogen and oxygen atoms in total. The van der Waals surface area contributed by atoms with Crippen LogP contribution in [0.25, 0.3) is 6.08 Å². The molecule has 1 aromatic heterocycles. The lowest BCUT2D eigenvalue weighted by atomic mass is 10.1. The van der Waals surface area contributed by atoms with Gasteiger partial charge in [0, 0.05) is 12.7 Å². The Morgan fingerprint density at radius 1 is 1.23 bits per heavy atom. The minimum Gasteiger partial charge on any atom is -0.455 e. The highest BCUT2D eigenvalue weighted by Gasteiger charge is 2.24. The van der Waals surface area contributed by atoms with E-state index in [4.69, 9.17) is 4.74 Å². The molecule has 0 atom stereocenters. The molecule has 2 aromatic rings. The van der Waals surface area contributed by atoms with Crippen molar-refractivity contribution in [2.24, 2.45) is 7.05 Å². The van der Waals surface area contributed by atoms with E-state index in [1.807, 2.05) is 36.4 Å². The Hall–Kier alpha value is -2.69. The zero-order valence-electron chi connectivity index (χ0n) is 12.9. The van der Waals surface area contributed by atoms with E-state index >= 15 is 0 Å². The second kappa shape index (κ2) is 6.85. The van der Waals surface area contributed by atoms with Crippen molar-refractivity contribution in [2.45, 2.75) is 13.8 Å². The summed E-state index contributed by atoms with van der Waals surface area (Å²) in [6, 6.07) is 9.64. The number of benzene rings is 1. The molecule has 1 heterocycles. The molecule has 0 unspecified atom stereocenters. The van der Waals surface area contributed by atoms with E-state index in [1.54, 1.807) is 31.7 Å². The average Bonchev–Trinajstić information content (AvgIpc) is 2.76. The zero-order valence-corrected chi connectivity index (χ0v) is 12.9. The third kappa shape index (κ3) is 3.49. The Balaban J connectivity index is 1.95. The van der Waals surface area contributed by atoms with Crippen LogP contribution >= 0.6 is 0 Å². The number of carbonyl (C=O) groups excluding carboxylic acids is 2. The monoisotopic (exact) mass is 298 g/mol. The molecular formula is C17H18N2O3. The SMILES string of the molecule is Cc1nn(C)c(C)c1C(=O)C(=O)OC/C=C/c1ccccc1.